The first-order chi connectivity index (χ1) is 20.7. The summed E-state index contributed by atoms with van der Waals surface area (Å²) in [5, 5.41) is 27.6. The van der Waals surface area contributed by atoms with Gasteiger partial charge in [-0.15, -0.1) is 0 Å². The van der Waals surface area contributed by atoms with Crippen molar-refractivity contribution in [1.82, 2.24) is 24.8 Å². The molecule has 2 heterocycles. The lowest BCUT2D eigenvalue weighted by Crippen LogP contribution is -2.44. The third-order valence-corrected chi connectivity index (χ3v) is 7.50. The Bertz CT molecular complexity index is 1550. The van der Waals surface area contributed by atoms with E-state index in [1.165, 1.54) is 13.3 Å². The van der Waals surface area contributed by atoms with Crippen LogP contribution in [0.5, 0.6) is 11.5 Å². The highest BCUT2D eigenvalue weighted by molar-refractivity contribution is 6.28. The van der Waals surface area contributed by atoms with Crippen LogP contribution in [0.4, 0.5) is 5.82 Å². The molecule has 4 N–H and O–H groups in total. The minimum Gasteiger partial charge on any atom is -0.497 e. The third-order valence-electron chi connectivity index (χ3n) is 7.34. The van der Waals surface area contributed by atoms with Crippen LogP contribution in [0.2, 0.25) is 5.28 Å². The molecule has 5 rings (SSSR count). The summed E-state index contributed by atoms with van der Waals surface area (Å²) in [7, 11) is 3.20. The largest absolute Gasteiger partial charge is 0.497 e. The lowest BCUT2D eigenvalue weighted by atomic mass is 9.98. The maximum absolute atomic E-state index is 12.2. The Hall–Kier alpha value is -4.46. The molecule has 0 saturated heterocycles. The van der Waals surface area contributed by atoms with Gasteiger partial charge in [-0.2, -0.15) is 9.97 Å². The second kappa shape index (κ2) is 12.8. The van der Waals surface area contributed by atoms with Crippen LogP contribution in [0.15, 0.2) is 54.9 Å². The van der Waals surface area contributed by atoms with Crippen molar-refractivity contribution in [3.8, 4) is 11.5 Å². The van der Waals surface area contributed by atoms with E-state index in [-0.39, 0.29) is 17.7 Å². The van der Waals surface area contributed by atoms with Gasteiger partial charge in [0.1, 0.15) is 23.7 Å². The summed E-state index contributed by atoms with van der Waals surface area (Å²) in [6, 6.07) is 13.3. The molecule has 1 aliphatic carbocycles. The molecule has 43 heavy (non-hydrogen) atoms. The number of aliphatic hydroxyl groups excluding tert-OH is 2. The molecule has 226 valence electrons. The van der Waals surface area contributed by atoms with Crippen molar-refractivity contribution in [3.63, 3.8) is 0 Å². The molecule has 1 amide bonds. The molecule has 4 aromatic rings. The number of aliphatic hydroxyl groups is 2. The molecular formula is C29H31ClN6O7. The fourth-order valence-corrected chi connectivity index (χ4v) is 5.33. The Balaban J connectivity index is 1.46. The average Bonchev–Trinajstić information content (AvgIpc) is 3.55. The number of methoxy groups -OCH3 is 2. The highest BCUT2D eigenvalue weighted by Gasteiger charge is 2.44. The molecule has 0 unspecified atom stereocenters. The number of esters is 1. The van der Waals surface area contributed by atoms with Crippen molar-refractivity contribution >= 4 is 40.5 Å². The fourth-order valence-electron chi connectivity index (χ4n) is 5.16. The molecule has 4 atom stereocenters. The van der Waals surface area contributed by atoms with Crippen LogP contribution < -0.4 is 20.1 Å². The number of benzene rings is 2. The standard InChI is InChI=1S/C29H31ClN6O7/c1-15(37)43-13-22(38)32-20-12-21(26(40)25(20)39)36-14-31-24-27(34-29(30)35-28(24)36)33-23(16-4-8-18(41-2)9-5-16)17-6-10-19(42-3)11-7-17/h4-11,14,20-21,23,25-26,39-40H,12-13H2,1-3H3,(H,32,38)(H,33,34,35)/t20-,21+,25+,26-/m0/s1. The lowest BCUT2D eigenvalue weighted by molar-refractivity contribution is -0.146. The van der Waals surface area contributed by atoms with Crippen LogP contribution in [0.25, 0.3) is 11.2 Å². The van der Waals surface area contributed by atoms with Gasteiger partial charge >= 0.3 is 5.97 Å². The van der Waals surface area contributed by atoms with Crippen molar-refractivity contribution in [2.24, 2.45) is 0 Å². The molecule has 1 saturated carbocycles. The first-order valence-electron chi connectivity index (χ1n) is 13.4. The fraction of sp³-hybridized carbons (Fsp3) is 0.345. The Kier molecular flexibility index (Phi) is 8.94. The van der Waals surface area contributed by atoms with E-state index >= 15 is 0 Å². The minimum atomic E-state index is -1.28. The van der Waals surface area contributed by atoms with Crippen molar-refractivity contribution in [2.75, 3.05) is 26.1 Å². The number of imidazole rings is 1. The van der Waals surface area contributed by atoms with E-state index in [0.717, 1.165) is 11.1 Å². The van der Waals surface area contributed by atoms with Crippen LogP contribution >= 0.6 is 11.6 Å². The number of nitrogens with zero attached hydrogens (tertiary/aromatic N) is 4. The van der Waals surface area contributed by atoms with E-state index in [2.05, 4.69) is 25.6 Å². The van der Waals surface area contributed by atoms with Gasteiger partial charge in [-0.05, 0) is 53.4 Å². The zero-order chi connectivity index (χ0) is 30.7. The van der Waals surface area contributed by atoms with Gasteiger partial charge in [0.25, 0.3) is 5.91 Å². The van der Waals surface area contributed by atoms with Crippen molar-refractivity contribution < 1.29 is 34.0 Å². The number of aromatic nitrogens is 4. The number of hydrogen-bond acceptors (Lipinski definition) is 11. The van der Waals surface area contributed by atoms with Gasteiger partial charge in [0.2, 0.25) is 5.28 Å². The predicted octanol–water partition coefficient (Wildman–Crippen LogP) is 2.41. The molecule has 1 fully saturated rings. The summed E-state index contributed by atoms with van der Waals surface area (Å²) in [5.41, 5.74) is 2.54. The molecule has 0 aliphatic heterocycles. The first kappa shape index (κ1) is 30.0. The number of fused-ring (bicyclic) bond motifs is 1. The van der Waals surface area contributed by atoms with E-state index < -0.39 is 42.8 Å². The topological polar surface area (TPSA) is 170 Å². The smallest absolute Gasteiger partial charge is 0.303 e. The molecule has 0 radical (unpaired) electrons. The Morgan fingerprint density at radius 2 is 1.60 bits per heavy atom. The van der Waals surface area contributed by atoms with Crippen LogP contribution in [-0.4, -0.2) is 80.7 Å². The number of ether oxygens (including phenoxy) is 3. The normalized spacial score (nSPS) is 19.8. The molecule has 2 aromatic carbocycles. The third kappa shape index (κ3) is 6.48. The highest BCUT2D eigenvalue weighted by Crippen LogP contribution is 2.36. The number of amides is 1. The lowest BCUT2D eigenvalue weighted by Gasteiger charge is -2.22. The molecule has 13 nitrogen and oxygen atoms in total. The molecule has 2 aromatic heterocycles. The zero-order valence-electron chi connectivity index (χ0n) is 23.6. The zero-order valence-corrected chi connectivity index (χ0v) is 24.4. The van der Waals surface area contributed by atoms with Gasteiger partial charge in [-0.3, -0.25) is 9.59 Å². The quantitative estimate of drug-likeness (QED) is 0.154. The highest BCUT2D eigenvalue weighted by atomic mass is 35.5. The second-order valence-electron chi connectivity index (χ2n) is 10.0. The maximum atomic E-state index is 12.2. The number of carbonyl (C=O) groups is 2. The summed E-state index contributed by atoms with van der Waals surface area (Å²) in [6.07, 6.45) is -0.897. The summed E-state index contributed by atoms with van der Waals surface area (Å²) in [6.45, 7) is 0.697. The summed E-state index contributed by atoms with van der Waals surface area (Å²) < 4.78 is 17.0. The predicted molar refractivity (Wildman–Crippen MR) is 156 cm³/mol. The van der Waals surface area contributed by atoms with Crippen LogP contribution in [-0.2, 0) is 14.3 Å². The monoisotopic (exact) mass is 610 g/mol. The van der Waals surface area contributed by atoms with E-state index in [4.69, 9.17) is 25.8 Å². The van der Waals surface area contributed by atoms with Crippen molar-refractivity contribution in [2.45, 2.75) is 43.7 Å². The summed E-state index contributed by atoms with van der Waals surface area (Å²) in [5.74, 6) is 0.572. The number of anilines is 1. The summed E-state index contributed by atoms with van der Waals surface area (Å²) >= 11 is 6.39. The molecule has 0 spiro atoms. The number of hydrogen-bond donors (Lipinski definition) is 4. The Morgan fingerprint density at radius 1 is 1.00 bits per heavy atom. The van der Waals surface area contributed by atoms with Gasteiger partial charge in [0.05, 0.1) is 38.7 Å². The van der Waals surface area contributed by atoms with Crippen LogP contribution in [0, 0.1) is 0 Å². The first-order valence-corrected chi connectivity index (χ1v) is 13.8. The number of rotatable bonds is 10. The molecule has 1 aliphatic rings. The molecule has 14 heteroatoms. The minimum absolute atomic E-state index is 0.0563. The van der Waals surface area contributed by atoms with E-state index in [1.54, 1.807) is 18.8 Å². The summed E-state index contributed by atoms with van der Waals surface area (Å²) in [4.78, 5) is 36.6. The van der Waals surface area contributed by atoms with Gasteiger partial charge in [0, 0.05) is 6.92 Å². The number of nitrogens with one attached hydrogen (secondary N) is 2. The van der Waals surface area contributed by atoms with Gasteiger partial charge in [-0.25, -0.2) is 4.98 Å². The second-order valence-corrected chi connectivity index (χ2v) is 10.4. The van der Waals surface area contributed by atoms with Crippen LogP contribution in [0.3, 0.4) is 0 Å². The van der Waals surface area contributed by atoms with E-state index in [9.17, 15) is 19.8 Å². The SMILES string of the molecule is COc1ccc(C(Nc2nc(Cl)nc3c2ncn3[C@@H]2C[C@H](NC(=O)COC(C)=O)[C@@H](O)[C@H]2O)c2ccc(OC)cc2)cc1. The van der Waals surface area contributed by atoms with Gasteiger partial charge in [0.15, 0.2) is 23.6 Å². The van der Waals surface area contributed by atoms with Gasteiger partial charge < -0.3 is 39.6 Å². The molecular weight excluding hydrogens is 580 g/mol. The Morgan fingerprint density at radius 3 is 2.16 bits per heavy atom. The average molecular weight is 611 g/mol. The number of carbonyl (C=O) groups excluding carboxylic acids is 2. The van der Waals surface area contributed by atoms with Gasteiger partial charge in [-0.1, -0.05) is 24.3 Å². The van der Waals surface area contributed by atoms with Crippen LogP contribution in [0.1, 0.15) is 36.6 Å². The Labute approximate surface area is 251 Å². The maximum Gasteiger partial charge on any atom is 0.303 e. The number of halogens is 1. The van der Waals surface area contributed by atoms with Crippen molar-refractivity contribution in [3.05, 3.63) is 71.3 Å². The van der Waals surface area contributed by atoms with Crippen molar-refractivity contribution in [1.29, 1.82) is 0 Å². The van der Waals surface area contributed by atoms with E-state index in [0.29, 0.717) is 28.5 Å². The van der Waals surface area contributed by atoms with E-state index in [1.807, 2.05) is 48.5 Å². The molecule has 0 bridgehead atoms.